The minimum absolute atomic E-state index is 0.117. The minimum Gasteiger partial charge on any atom is -0.463 e. The van der Waals surface area contributed by atoms with Crippen molar-refractivity contribution in [2.24, 2.45) is 0 Å². The number of ether oxygens (including phenoxy) is 4. The van der Waals surface area contributed by atoms with Crippen LogP contribution < -0.4 is 16.2 Å². The van der Waals surface area contributed by atoms with Gasteiger partial charge in [0.15, 0.2) is 18.4 Å². The molecule has 32 heavy (non-hydrogen) atoms. The van der Waals surface area contributed by atoms with Gasteiger partial charge in [-0.2, -0.15) is 0 Å². The number of fused-ring (bicyclic) bond motifs is 1. The number of carbonyl (C=O) groups is 3. The molecule has 2 aromatic heterocycles. The lowest BCUT2D eigenvalue weighted by atomic mass is 10.1. The maximum absolute atomic E-state index is 13.1. The van der Waals surface area contributed by atoms with E-state index in [4.69, 9.17) is 18.9 Å². The number of hydrogen-bond acceptors (Lipinski definition) is 12. The third kappa shape index (κ3) is 4.05. The van der Waals surface area contributed by atoms with Crippen molar-refractivity contribution in [3.8, 4) is 0 Å². The van der Waals surface area contributed by atoms with Crippen LogP contribution in [0.15, 0.2) is 14.2 Å². The molecule has 3 heterocycles. The molecule has 15 nitrogen and oxygen atoms in total. The van der Waals surface area contributed by atoms with Crippen molar-refractivity contribution in [2.75, 3.05) is 6.61 Å². The fourth-order valence-electron chi connectivity index (χ4n) is 3.42. The van der Waals surface area contributed by atoms with Crippen molar-refractivity contribution in [3.63, 3.8) is 0 Å². The summed E-state index contributed by atoms with van der Waals surface area (Å²) in [6.07, 6.45) is -5.39. The van der Waals surface area contributed by atoms with Gasteiger partial charge >= 0.3 is 40.3 Å². The zero-order valence-corrected chi connectivity index (χ0v) is 17.5. The predicted octanol–water partition coefficient (Wildman–Crippen LogP) is -1.87. The normalized spacial score (nSPS) is 22.6. The quantitative estimate of drug-likeness (QED) is 0.268. The largest absolute Gasteiger partial charge is 0.463 e. The monoisotopic (exact) mass is 456 g/mol. The Morgan fingerprint density at radius 3 is 2.28 bits per heavy atom. The number of esters is 3. The Kier molecular flexibility index (Phi) is 6.29. The van der Waals surface area contributed by atoms with Crippen molar-refractivity contribution in [2.45, 2.75) is 58.8 Å². The van der Waals surface area contributed by atoms with E-state index in [1.807, 2.05) is 0 Å². The molecule has 3 rings (SSSR count). The maximum atomic E-state index is 13.1. The van der Waals surface area contributed by atoms with E-state index in [0.29, 0.717) is 0 Å². The number of carbonyl (C=O) groups excluding carboxylic acids is 3. The number of hydrogen-bond donors (Lipinski definition) is 0. The van der Waals surface area contributed by atoms with Gasteiger partial charge < -0.3 is 24.2 Å². The zero-order chi connectivity index (χ0) is 23.7. The van der Waals surface area contributed by atoms with Gasteiger partial charge in [0, 0.05) is 27.3 Å². The van der Waals surface area contributed by atoms with E-state index in [9.17, 15) is 29.2 Å². The lowest BCUT2D eigenvalue weighted by molar-refractivity contribution is -0.782. The standard InChI is InChI=1S/C17H20N4O11/c1-5-19-15(25)11-14(18-32-21(11)27)20(17(19)26)16-13(30-9(4)24)12(29-8(3)23)10(31-16)6-28-7(2)22/h10,12-13,16H,5-6H2,1-4H3/t10-,12-,13+,16+/m1/s1. The molecular formula is C17H20N4O11. The summed E-state index contributed by atoms with van der Waals surface area (Å²) in [6, 6.07) is 0. The van der Waals surface area contributed by atoms with Gasteiger partial charge in [-0.05, 0) is 11.8 Å². The number of rotatable bonds is 6. The van der Waals surface area contributed by atoms with Gasteiger partial charge in [0.2, 0.25) is 0 Å². The van der Waals surface area contributed by atoms with Crippen LogP contribution in [-0.4, -0.2) is 57.1 Å². The summed E-state index contributed by atoms with van der Waals surface area (Å²) in [6.45, 7) is 4.28. The summed E-state index contributed by atoms with van der Waals surface area (Å²) in [5.41, 5.74) is -2.97. The Morgan fingerprint density at radius 1 is 1.09 bits per heavy atom. The van der Waals surface area contributed by atoms with E-state index in [1.165, 1.54) is 6.92 Å². The molecule has 0 bridgehead atoms. The molecule has 0 aromatic carbocycles. The van der Waals surface area contributed by atoms with Crippen LogP contribution in [0.5, 0.6) is 0 Å². The van der Waals surface area contributed by atoms with Gasteiger partial charge in [-0.1, -0.05) is 0 Å². The van der Waals surface area contributed by atoms with Crippen molar-refractivity contribution < 1.29 is 42.9 Å². The van der Waals surface area contributed by atoms with Crippen LogP contribution in [-0.2, 0) is 39.9 Å². The predicted molar refractivity (Wildman–Crippen MR) is 98.8 cm³/mol. The summed E-state index contributed by atoms with van der Waals surface area (Å²) < 4.78 is 27.2. The fraction of sp³-hybridized carbons (Fsp3) is 0.588. The second-order valence-electron chi connectivity index (χ2n) is 6.82. The smallest absolute Gasteiger partial charge is 0.336 e. The van der Waals surface area contributed by atoms with Crippen molar-refractivity contribution in [3.05, 3.63) is 26.0 Å². The molecule has 1 aliphatic heterocycles. The van der Waals surface area contributed by atoms with Gasteiger partial charge in [0.05, 0.1) is 5.16 Å². The van der Waals surface area contributed by atoms with E-state index in [-0.39, 0.29) is 11.4 Å². The Hall–Kier alpha value is -3.75. The molecule has 0 unspecified atom stereocenters. The van der Waals surface area contributed by atoms with Crippen molar-refractivity contribution in [1.29, 1.82) is 0 Å². The molecule has 1 aliphatic rings. The molecule has 0 amide bonds. The van der Waals surface area contributed by atoms with Gasteiger partial charge in [-0.25, -0.2) is 9.36 Å². The lowest BCUT2D eigenvalue weighted by Gasteiger charge is -2.23. The summed E-state index contributed by atoms with van der Waals surface area (Å²) in [7, 11) is 0. The average molecular weight is 456 g/mol. The SMILES string of the molecule is CCn1c(=O)c2c(no[n+]2[O-])n([C@H]2O[C@H](COC(C)=O)[C@@H](OC(C)=O)[C@@H]2OC(C)=O)c1=O. The van der Waals surface area contributed by atoms with E-state index >= 15 is 0 Å². The van der Waals surface area contributed by atoms with E-state index in [2.05, 4.69) is 9.79 Å². The molecule has 0 aliphatic carbocycles. The first kappa shape index (κ1) is 22.9. The van der Waals surface area contributed by atoms with Crippen LogP contribution in [0.3, 0.4) is 0 Å². The molecular weight excluding hydrogens is 436 g/mol. The average Bonchev–Trinajstić information content (AvgIpc) is 3.22. The fourth-order valence-corrected chi connectivity index (χ4v) is 3.42. The zero-order valence-electron chi connectivity index (χ0n) is 17.5. The highest BCUT2D eigenvalue weighted by molar-refractivity contribution is 5.68. The first-order chi connectivity index (χ1) is 15.1. The molecule has 1 saturated heterocycles. The first-order valence-corrected chi connectivity index (χ1v) is 9.44. The summed E-state index contributed by atoms with van der Waals surface area (Å²) in [5.74, 6) is -2.23. The second-order valence-corrected chi connectivity index (χ2v) is 6.82. The van der Waals surface area contributed by atoms with Crippen LogP contribution in [0.2, 0.25) is 0 Å². The van der Waals surface area contributed by atoms with Gasteiger partial charge in [-0.15, -0.1) is 0 Å². The number of aromatic nitrogens is 4. The van der Waals surface area contributed by atoms with Gasteiger partial charge in [0.25, 0.3) is 0 Å². The molecule has 174 valence electrons. The van der Waals surface area contributed by atoms with Crippen LogP contribution in [0.25, 0.3) is 11.2 Å². The Labute approximate surface area is 178 Å². The topological polar surface area (TPSA) is 185 Å². The number of nitrogens with zero attached hydrogens (tertiary/aromatic N) is 4. The highest BCUT2D eigenvalue weighted by Gasteiger charge is 2.52. The molecule has 0 radical (unpaired) electrons. The lowest BCUT2D eigenvalue weighted by Crippen LogP contribution is -2.47. The molecule has 4 atom stereocenters. The van der Waals surface area contributed by atoms with Gasteiger partial charge in [-0.3, -0.25) is 28.4 Å². The van der Waals surface area contributed by atoms with Crippen molar-refractivity contribution in [1.82, 2.24) is 14.3 Å². The Morgan fingerprint density at radius 2 is 1.72 bits per heavy atom. The molecule has 1 fully saturated rings. The van der Waals surface area contributed by atoms with Crippen LogP contribution >= 0.6 is 0 Å². The molecule has 2 aromatic rings. The first-order valence-electron chi connectivity index (χ1n) is 9.44. The van der Waals surface area contributed by atoms with Crippen LogP contribution in [0.4, 0.5) is 0 Å². The summed E-state index contributed by atoms with van der Waals surface area (Å²) in [4.78, 5) is 60.1. The minimum atomic E-state index is -1.51. The maximum Gasteiger partial charge on any atom is 0.336 e. The Bertz CT molecular complexity index is 1180. The van der Waals surface area contributed by atoms with E-state index in [0.717, 1.165) is 29.9 Å². The highest BCUT2D eigenvalue weighted by atomic mass is 16.8. The Balaban J connectivity index is 2.22. The van der Waals surface area contributed by atoms with E-state index < -0.39 is 71.5 Å². The van der Waals surface area contributed by atoms with E-state index in [1.54, 1.807) is 0 Å². The van der Waals surface area contributed by atoms with Crippen LogP contribution in [0.1, 0.15) is 33.9 Å². The van der Waals surface area contributed by atoms with Crippen LogP contribution in [0, 0.1) is 5.21 Å². The molecule has 0 spiro atoms. The molecule has 0 saturated carbocycles. The highest BCUT2D eigenvalue weighted by Crippen LogP contribution is 2.34. The third-order valence-electron chi connectivity index (χ3n) is 4.62. The van der Waals surface area contributed by atoms with Crippen molar-refractivity contribution >= 4 is 29.1 Å². The summed E-state index contributed by atoms with van der Waals surface area (Å²) in [5, 5.41) is 15.4. The van der Waals surface area contributed by atoms with Gasteiger partial charge in [0.1, 0.15) is 12.7 Å². The third-order valence-corrected chi connectivity index (χ3v) is 4.62. The summed E-state index contributed by atoms with van der Waals surface area (Å²) >= 11 is 0. The second kappa shape index (κ2) is 8.78. The molecule has 0 N–H and O–H groups in total. The molecule has 15 heteroatoms.